The summed E-state index contributed by atoms with van der Waals surface area (Å²) >= 11 is 3.37. The monoisotopic (exact) mass is 249 g/mol. The van der Waals surface area contributed by atoms with Crippen molar-refractivity contribution in [1.82, 2.24) is 4.90 Å². The van der Waals surface area contributed by atoms with E-state index in [1.807, 2.05) is 11.8 Å². The molecule has 0 aliphatic carbocycles. The molecule has 0 spiro atoms. The molecular formula is C9H16BrNO2. The van der Waals surface area contributed by atoms with E-state index in [1.165, 1.54) is 0 Å². The van der Waals surface area contributed by atoms with Crippen molar-refractivity contribution in [1.29, 1.82) is 0 Å². The maximum atomic E-state index is 11.7. The van der Waals surface area contributed by atoms with Gasteiger partial charge in [0.1, 0.15) is 0 Å². The van der Waals surface area contributed by atoms with E-state index in [-0.39, 0.29) is 10.7 Å². The summed E-state index contributed by atoms with van der Waals surface area (Å²) in [5, 5.41) is 0. The molecule has 4 heteroatoms. The zero-order chi connectivity index (χ0) is 9.68. The van der Waals surface area contributed by atoms with Gasteiger partial charge in [-0.3, -0.25) is 4.79 Å². The number of ether oxygens (including phenoxy) is 1. The lowest BCUT2D eigenvalue weighted by Gasteiger charge is -2.21. The van der Waals surface area contributed by atoms with Gasteiger partial charge in [0, 0.05) is 19.7 Å². The van der Waals surface area contributed by atoms with Crippen LogP contribution in [0.4, 0.5) is 0 Å². The first kappa shape index (κ1) is 11.0. The van der Waals surface area contributed by atoms with Crippen LogP contribution in [0.25, 0.3) is 0 Å². The number of carbonyl (C=O) groups excluding carboxylic acids is 1. The highest BCUT2D eigenvalue weighted by atomic mass is 79.9. The summed E-state index contributed by atoms with van der Waals surface area (Å²) < 4.78 is 5.28. The lowest BCUT2D eigenvalue weighted by atomic mass is 10.3. The van der Waals surface area contributed by atoms with Crippen molar-refractivity contribution in [3.8, 4) is 0 Å². The fraction of sp³-hybridized carbons (Fsp3) is 0.889. The summed E-state index contributed by atoms with van der Waals surface area (Å²) in [6.07, 6.45) is 1.80. The maximum absolute atomic E-state index is 11.7. The second kappa shape index (κ2) is 5.60. The number of alkyl halides is 1. The highest BCUT2D eigenvalue weighted by Gasteiger charge is 2.20. The number of halogens is 1. The molecule has 0 radical (unpaired) electrons. The molecule has 0 aromatic carbocycles. The second-order valence-corrected chi connectivity index (χ2v) is 4.27. The first-order valence-corrected chi connectivity index (χ1v) is 5.68. The Morgan fingerprint density at radius 1 is 1.54 bits per heavy atom. The largest absolute Gasteiger partial charge is 0.380 e. The molecule has 1 fully saturated rings. The van der Waals surface area contributed by atoms with Crippen LogP contribution in [0.2, 0.25) is 0 Å². The van der Waals surface area contributed by atoms with Crippen LogP contribution in [0.3, 0.4) is 0 Å². The Hall–Kier alpha value is -0.0900. The van der Waals surface area contributed by atoms with E-state index in [2.05, 4.69) is 15.9 Å². The van der Waals surface area contributed by atoms with Gasteiger partial charge in [-0.15, -0.1) is 0 Å². The van der Waals surface area contributed by atoms with Gasteiger partial charge in [-0.05, 0) is 12.8 Å². The van der Waals surface area contributed by atoms with E-state index in [0.29, 0.717) is 6.61 Å². The summed E-state index contributed by atoms with van der Waals surface area (Å²) in [7, 11) is 0. The molecule has 0 N–H and O–H groups in total. The Labute approximate surface area is 87.6 Å². The molecule has 13 heavy (non-hydrogen) atoms. The lowest BCUT2D eigenvalue weighted by molar-refractivity contribution is -0.130. The molecule has 1 heterocycles. The van der Waals surface area contributed by atoms with E-state index in [1.54, 1.807) is 0 Å². The number of carbonyl (C=O) groups is 1. The topological polar surface area (TPSA) is 29.5 Å². The Morgan fingerprint density at radius 2 is 2.31 bits per heavy atom. The highest BCUT2D eigenvalue weighted by molar-refractivity contribution is 9.10. The van der Waals surface area contributed by atoms with Crippen LogP contribution < -0.4 is 0 Å². The minimum Gasteiger partial charge on any atom is -0.380 e. The van der Waals surface area contributed by atoms with Crippen LogP contribution in [-0.4, -0.2) is 41.9 Å². The standard InChI is InChI=1S/C9H16BrNO2/c1-2-8(10)9(12)11-4-3-6-13-7-5-11/h8H,2-7H2,1H3. The quantitative estimate of drug-likeness (QED) is 0.693. The number of amides is 1. The fourth-order valence-electron chi connectivity index (χ4n) is 1.34. The summed E-state index contributed by atoms with van der Waals surface area (Å²) in [4.78, 5) is 13.6. The van der Waals surface area contributed by atoms with Crippen molar-refractivity contribution in [2.75, 3.05) is 26.3 Å². The van der Waals surface area contributed by atoms with Gasteiger partial charge in [0.05, 0.1) is 11.4 Å². The molecule has 1 aliphatic heterocycles. The molecule has 0 aromatic rings. The number of hydrogen-bond donors (Lipinski definition) is 0. The van der Waals surface area contributed by atoms with E-state index >= 15 is 0 Å². The molecule has 1 unspecified atom stereocenters. The van der Waals surface area contributed by atoms with Crippen LogP contribution in [-0.2, 0) is 9.53 Å². The summed E-state index contributed by atoms with van der Waals surface area (Å²) in [6, 6.07) is 0. The minimum absolute atomic E-state index is 0.0226. The van der Waals surface area contributed by atoms with Crippen LogP contribution >= 0.6 is 15.9 Å². The SMILES string of the molecule is CCC(Br)C(=O)N1CCCOCC1. The Balaban J connectivity index is 2.43. The van der Waals surface area contributed by atoms with E-state index in [9.17, 15) is 4.79 Å². The molecule has 1 atom stereocenters. The summed E-state index contributed by atoms with van der Waals surface area (Å²) in [5.74, 6) is 0.202. The molecule has 0 aromatic heterocycles. The second-order valence-electron chi connectivity index (χ2n) is 3.17. The van der Waals surface area contributed by atoms with Crippen LogP contribution in [0.15, 0.2) is 0 Å². The fourth-order valence-corrected chi connectivity index (χ4v) is 1.63. The maximum Gasteiger partial charge on any atom is 0.236 e. The number of hydrogen-bond acceptors (Lipinski definition) is 2. The van der Waals surface area contributed by atoms with Crippen molar-refractivity contribution in [3.05, 3.63) is 0 Å². The van der Waals surface area contributed by atoms with Gasteiger partial charge in [0.2, 0.25) is 5.91 Å². The average Bonchev–Trinajstić information content (AvgIpc) is 2.43. The van der Waals surface area contributed by atoms with Gasteiger partial charge in [0.15, 0.2) is 0 Å². The van der Waals surface area contributed by atoms with Gasteiger partial charge in [-0.25, -0.2) is 0 Å². The molecule has 76 valence electrons. The molecule has 1 amide bonds. The van der Waals surface area contributed by atoms with Crippen molar-refractivity contribution >= 4 is 21.8 Å². The Morgan fingerprint density at radius 3 is 3.00 bits per heavy atom. The third-order valence-corrected chi connectivity index (χ3v) is 3.20. The lowest BCUT2D eigenvalue weighted by Crippen LogP contribution is -2.38. The summed E-state index contributed by atoms with van der Waals surface area (Å²) in [5.41, 5.74) is 0. The molecule has 1 rings (SSSR count). The zero-order valence-corrected chi connectivity index (χ0v) is 9.55. The average molecular weight is 250 g/mol. The smallest absolute Gasteiger partial charge is 0.236 e. The third kappa shape index (κ3) is 3.27. The van der Waals surface area contributed by atoms with Gasteiger partial charge in [-0.2, -0.15) is 0 Å². The Bertz CT molecular complexity index is 167. The predicted octanol–water partition coefficient (Wildman–Crippen LogP) is 1.41. The number of rotatable bonds is 2. The van der Waals surface area contributed by atoms with Crippen LogP contribution in [0.1, 0.15) is 19.8 Å². The van der Waals surface area contributed by atoms with E-state index in [0.717, 1.165) is 32.5 Å². The normalized spacial score (nSPS) is 20.9. The molecule has 0 bridgehead atoms. The molecule has 1 saturated heterocycles. The van der Waals surface area contributed by atoms with Crippen LogP contribution in [0, 0.1) is 0 Å². The zero-order valence-electron chi connectivity index (χ0n) is 7.96. The molecule has 0 saturated carbocycles. The third-order valence-electron chi connectivity index (χ3n) is 2.16. The molecule has 1 aliphatic rings. The van der Waals surface area contributed by atoms with Gasteiger partial charge in [-0.1, -0.05) is 22.9 Å². The predicted molar refractivity (Wildman–Crippen MR) is 55.0 cm³/mol. The van der Waals surface area contributed by atoms with Crippen molar-refractivity contribution in [3.63, 3.8) is 0 Å². The van der Waals surface area contributed by atoms with Crippen LogP contribution in [0.5, 0.6) is 0 Å². The van der Waals surface area contributed by atoms with Crippen molar-refractivity contribution < 1.29 is 9.53 Å². The minimum atomic E-state index is -0.0226. The highest BCUT2D eigenvalue weighted by Crippen LogP contribution is 2.10. The molecule has 3 nitrogen and oxygen atoms in total. The van der Waals surface area contributed by atoms with E-state index < -0.39 is 0 Å². The first-order valence-electron chi connectivity index (χ1n) is 4.76. The van der Waals surface area contributed by atoms with Crippen molar-refractivity contribution in [2.24, 2.45) is 0 Å². The summed E-state index contributed by atoms with van der Waals surface area (Å²) in [6.45, 7) is 5.03. The van der Waals surface area contributed by atoms with Gasteiger partial charge >= 0.3 is 0 Å². The van der Waals surface area contributed by atoms with Gasteiger partial charge in [0.25, 0.3) is 0 Å². The van der Waals surface area contributed by atoms with Crippen molar-refractivity contribution in [2.45, 2.75) is 24.6 Å². The van der Waals surface area contributed by atoms with E-state index in [4.69, 9.17) is 4.74 Å². The number of nitrogens with zero attached hydrogens (tertiary/aromatic N) is 1. The Kier molecular flexibility index (Phi) is 4.73. The van der Waals surface area contributed by atoms with Gasteiger partial charge < -0.3 is 9.64 Å². The first-order chi connectivity index (χ1) is 6.25. The molecular weight excluding hydrogens is 234 g/mol.